The van der Waals surface area contributed by atoms with Gasteiger partial charge in [0.1, 0.15) is 10.8 Å². The number of aromatic nitrogens is 1. The van der Waals surface area contributed by atoms with Crippen molar-refractivity contribution in [3.05, 3.63) is 70.2 Å². The summed E-state index contributed by atoms with van der Waals surface area (Å²) in [5.41, 5.74) is 3.77. The number of aryl methyl sites for hydroxylation is 2. The smallest absolute Gasteiger partial charge is 0.407 e. The number of carbonyl (C=O) groups is 2. The normalized spacial score (nSPS) is 10.8. The summed E-state index contributed by atoms with van der Waals surface area (Å²) < 4.78 is 11.1. The van der Waals surface area contributed by atoms with Gasteiger partial charge in [0.15, 0.2) is 0 Å². The predicted molar refractivity (Wildman–Crippen MR) is 132 cm³/mol. The molecule has 0 unspecified atom stereocenters. The summed E-state index contributed by atoms with van der Waals surface area (Å²) in [7, 11) is 0. The number of alkyl carbamates (subject to hydrolysis) is 1. The van der Waals surface area contributed by atoms with Gasteiger partial charge >= 0.3 is 12.1 Å². The van der Waals surface area contributed by atoms with E-state index in [-0.39, 0.29) is 19.1 Å². The second kappa shape index (κ2) is 12.2. The number of carboxylic acid groups (broad SMARTS) is 1. The van der Waals surface area contributed by atoms with Gasteiger partial charge in [0.25, 0.3) is 0 Å². The molecule has 1 heterocycles. The van der Waals surface area contributed by atoms with Crippen molar-refractivity contribution in [3.8, 4) is 16.3 Å². The van der Waals surface area contributed by atoms with Crippen molar-refractivity contribution in [3.63, 3.8) is 0 Å². The van der Waals surface area contributed by atoms with E-state index >= 15 is 0 Å². The Bertz CT molecular complexity index is 1110. The Labute approximate surface area is 203 Å². The molecule has 180 valence electrons. The molecule has 8 heteroatoms. The molecule has 3 rings (SSSR count). The minimum atomic E-state index is -0.869. The molecule has 0 aliphatic carbocycles. The van der Waals surface area contributed by atoms with Crippen LogP contribution in [0.5, 0.6) is 5.75 Å². The number of ether oxygens (including phenoxy) is 2. The summed E-state index contributed by atoms with van der Waals surface area (Å²) in [5, 5.41) is 12.8. The second-order valence-corrected chi connectivity index (χ2v) is 9.32. The molecular formula is C26H30N2O5S. The molecule has 0 fully saturated rings. The van der Waals surface area contributed by atoms with Crippen LogP contribution in [0.3, 0.4) is 0 Å². The first kappa shape index (κ1) is 25.2. The molecule has 7 nitrogen and oxygen atoms in total. The lowest BCUT2D eigenvalue weighted by atomic mass is 10.0. The predicted octanol–water partition coefficient (Wildman–Crippen LogP) is 5.39. The first-order chi connectivity index (χ1) is 16.3. The summed E-state index contributed by atoms with van der Waals surface area (Å²) in [6.07, 6.45) is 0.309. The molecular weight excluding hydrogens is 452 g/mol. The van der Waals surface area contributed by atoms with E-state index in [4.69, 9.17) is 19.6 Å². The summed E-state index contributed by atoms with van der Waals surface area (Å²) in [4.78, 5) is 28.8. The van der Waals surface area contributed by atoms with Crippen molar-refractivity contribution in [2.75, 3.05) is 6.61 Å². The number of benzene rings is 2. The van der Waals surface area contributed by atoms with Crippen molar-refractivity contribution in [2.45, 2.75) is 52.7 Å². The highest BCUT2D eigenvalue weighted by Crippen LogP contribution is 2.28. The van der Waals surface area contributed by atoms with Crippen molar-refractivity contribution in [1.82, 2.24) is 10.3 Å². The molecule has 1 aromatic heterocycles. The van der Waals surface area contributed by atoms with E-state index in [2.05, 4.69) is 24.4 Å². The number of thiazole rings is 1. The Kier molecular flexibility index (Phi) is 9.04. The number of aliphatic carboxylic acids is 1. The van der Waals surface area contributed by atoms with E-state index in [9.17, 15) is 9.59 Å². The minimum absolute atomic E-state index is 0.0104. The standard InChI is InChI=1S/C26H30N2O5S/c1-17(2)33-26(31)27-16-21-15-22(11-9-19(21)10-12-24(29)30)32-14-13-23-18(3)34-25(28-23)20-7-5-4-6-8-20/h4-9,11,15,17H,10,12-14,16H2,1-3H3,(H,27,31)(H,29,30). The van der Waals surface area contributed by atoms with Gasteiger partial charge in [0.2, 0.25) is 0 Å². The molecule has 2 aromatic carbocycles. The zero-order chi connectivity index (χ0) is 24.5. The van der Waals surface area contributed by atoms with Crippen molar-refractivity contribution in [1.29, 1.82) is 0 Å². The fourth-order valence-electron chi connectivity index (χ4n) is 3.39. The minimum Gasteiger partial charge on any atom is -0.493 e. The molecule has 0 aliphatic rings. The highest BCUT2D eigenvalue weighted by molar-refractivity contribution is 7.15. The highest BCUT2D eigenvalue weighted by atomic mass is 32.1. The van der Waals surface area contributed by atoms with E-state index in [1.165, 1.54) is 4.88 Å². The number of nitrogens with one attached hydrogen (secondary N) is 1. The van der Waals surface area contributed by atoms with Gasteiger partial charge < -0.3 is 19.9 Å². The molecule has 0 aliphatic heterocycles. The average molecular weight is 483 g/mol. The van der Waals surface area contributed by atoms with Gasteiger partial charge in [-0.25, -0.2) is 9.78 Å². The molecule has 0 saturated carbocycles. The maximum Gasteiger partial charge on any atom is 0.407 e. The summed E-state index contributed by atoms with van der Waals surface area (Å²) >= 11 is 1.67. The molecule has 1 amide bonds. The maximum atomic E-state index is 11.9. The van der Waals surface area contributed by atoms with E-state index in [1.807, 2.05) is 36.4 Å². The lowest BCUT2D eigenvalue weighted by Crippen LogP contribution is -2.26. The number of carboxylic acids is 1. The molecule has 3 aromatic rings. The molecule has 0 saturated heterocycles. The van der Waals surface area contributed by atoms with Crippen LogP contribution in [0, 0.1) is 6.92 Å². The van der Waals surface area contributed by atoms with E-state index < -0.39 is 12.1 Å². The summed E-state index contributed by atoms with van der Waals surface area (Å²) in [6, 6.07) is 15.6. The monoisotopic (exact) mass is 482 g/mol. The number of carbonyl (C=O) groups excluding carboxylic acids is 1. The average Bonchev–Trinajstić information content (AvgIpc) is 3.17. The SMILES string of the molecule is Cc1sc(-c2ccccc2)nc1CCOc1ccc(CCC(=O)O)c(CNC(=O)OC(C)C)c1. The zero-order valence-electron chi connectivity index (χ0n) is 19.7. The molecule has 0 atom stereocenters. The maximum absolute atomic E-state index is 11.9. The fourth-order valence-corrected chi connectivity index (χ4v) is 4.36. The van der Waals surface area contributed by atoms with Crippen molar-refractivity contribution >= 4 is 23.4 Å². The first-order valence-electron chi connectivity index (χ1n) is 11.2. The van der Waals surface area contributed by atoms with E-state index in [0.717, 1.165) is 27.4 Å². The topological polar surface area (TPSA) is 97.8 Å². The zero-order valence-corrected chi connectivity index (χ0v) is 20.5. The molecule has 0 bridgehead atoms. The van der Waals surface area contributed by atoms with Gasteiger partial charge in [0.05, 0.1) is 18.4 Å². The summed E-state index contributed by atoms with van der Waals surface area (Å²) in [5.74, 6) is -0.212. The number of amides is 1. The number of hydrogen-bond donors (Lipinski definition) is 2. The Morgan fingerprint density at radius 3 is 2.56 bits per heavy atom. The third kappa shape index (κ3) is 7.59. The van der Waals surface area contributed by atoms with Gasteiger partial charge in [-0.2, -0.15) is 0 Å². The Hall–Kier alpha value is -3.39. The Balaban J connectivity index is 1.64. The van der Waals surface area contributed by atoms with Crippen molar-refractivity contribution < 1.29 is 24.2 Å². The van der Waals surface area contributed by atoms with Crippen molar-refractivity contribution in [2.24, 2.45) is 0 Å². The van der Waals surface area contributed by atoms with Gasteiger partial charge in [-0.1, -0.05) is 36.4 Å². The number of hydrogen-bond acceptors (Lipinski definition) is 6. The molecule has 0 spiro atoms. The third-order valence-electron chi connectivity index (χ3n) is 5.07. The first-order valence-corrected chi connectivity index (χ1v) is 12.1. The van der Waals surface area contributed by atoms with Crippen LogP contribution in [-0.4, -0.2) is 34.9 Å². The molecule has 34 heavy (non-hydrogen) atoms. The van der Waals surface area contributed by atoms with Crippen LogP contribution in [-0.2, 0) is 28.9 Å². The van der Waals surface area contributed by atoms with Crippen LogP contribution in [0.25, 0.3) is 10.6 Å². The van der Waals surface area contributed by atoms with Gasteiger partial charge in [0, 0.05) is 29.8 Å². The van der Waals surface area contributed by atoms with Crippen LogP contribution in [0.1, 0.15) is 42.0 Å². The summed E-state index contributed by atoms with van der Waals surface area (Å²) in [6.45, 7) is 6.30. The Morgan fingerprint density at radius 2 is 1.85 bits per heavy atom. The van der Waals surface area contributed by atoms with Crippen LogP contribution < -0.4 is 10.1 Å². The highest BCUT2D eigenvalue weighted by Gasteiger charge is 2.12. The van der Waals surface area contributed by atoms with Crippen LogP contribution in [0.4, 0.5) is 4.79 Å². The lowest BCUT2D eigenvalue weighted by molar-refractivity contribution is -0.136. The fraction of sp³-hybridized carbons (Fsp3) is 0.346. The number of nitrogens with zero attached hydrogens (tertiary/aromatic N) is 1. The van der Waals surface area contributed by atoms with Crippen LogP contribution in [0.15, 0.2) is 48.5 Å². The third-order valence-corrected chi connectivity index (χ3v) is 6.13. The molecule has 2 N–H and O–H groups in total. The van der Waals surface area contributed by atoms with Crippen LogP contribution >= 0.6 is 11.3 Å². The van der Waals surface area contributed by atoms with E-state index in [1.54, 1.807) is 25.2 Å². The lowest BCUT2D eigenvalue weighted by Gasteiger charge is -2.14. The van der Waals surface area contributed by atoms with Gasteiger partial charge in [-0.3, -0.25) is 4.79 Å². The second-order valence-electron chi connectivity index (χ2n) is 8.12. The van der Waals surface area contributed by atoms with E-state index in [0.29, 0.717) is 25.2 Å². The Morgan fingerprint density at radius 1 is 1.09 bits per heavy atom. The number of rotatable bonds is 11. The van der Waals surface area contributed by atoms with Crippen LogP contribution in [0.2, 0.25) is 0 Å². The quantitative estimate of drug-likeness (QED) is 0.380. The van der Waals surface area contributed by atoms with Gasteiger partial charge in [-0.05, 0) is 50.5 Å². The van der Waals surface area contributed by atoms with Gasteiger partial charge in [-0.15, -0.1) is 11.3 Å². The molecule has 0 radical (unpaired) electrons. The largest absolute Gasteiger partial charge is 0.493 e.